The molecule has 0 saturated carbocycles. The Balaban J connectivity index is 1.62. The first-order valence-corrected chi connectivity index (χ1v) is 31.2. The molecule has 2 rings (SSSR count). The van der Waals surface area contributed by atoms with Crippen molar-refractivity contribution in [2.75, 3.05) is 19.8 Å². The number of carbonyl (C=O) groups excluding carboxylic acids is 1. The van der Waals surface area contributed by atoms with Gasteiger partial charge in [0.15, 0.2) is 12.6 Å². The molecule has 1 amide bonds. The number of aliphatic hydroxyl groups excluding tert-OH is 8. The molecule has 2 aliphatic heterocycles. The van der Waals surface area contributed by atoms with Gasteiger partial charge >= 0.3 is 0 Å². The van der Waals surface area contributed by atoms with E-state index in [2.05, 4.69) is 165 Å². The van der Waals surface area contributed by atoms with Gasteiger partial charge in [0.1, 0.15) is 48.8 Å². The van der Waals surface area contributed by atoms with Gasteiger partial charge in [-0.25, -0.2) is 0 Å². The number of hydrogen-bond donors (Lipinski definition) is 9. The summed E-state index contributed by atoms with van der Waals surface area (Å²) in [6.45, 7) is 2.48. The van der Waals surface area contributed by atoms with Crippen molar-refractivity contribution in [2.45, 2.75) is 248 Å². The van der Waals surface area contributed by atoms with Gasteiger partial charge in [-0.05, 0) is 116 Å². The van der Waals surface area contributed by atoms with E-state index in [0.717, 1.165) is 122 Å². The van der Waals surface area contributed by atoms with E-state index in [1.165, 1.54) is 19.3 Å². The second-order valence-electron chi connectivity index (χ2n) is 21.0. The molecule has 9 N–H and O–H groups in total. The Kier molecular flexibility index (Phi) is 46.8. The Morgan fingerprint density at radius 3 is 1.28 bits per heavy atom. The average Bonchev–Trinajstić information content (AvgIpc) is 3.47. The lowest BCUT2D eigenvalue weighted by molar-refractivity contribution is -0.359. The van der Waals surface area contributed by atoms with Crippen LogP contribution in [0.4, 0.5) is 0 Å². The van der Waals surface area contributed by atoms with Crippen molar-refractivity contribution in [3.05, 3.63) is 158 Å². The highest BCUT2D eigenvalue weighted by atomic mass is 16.7. The molecule has 2 heterocycles. The second-order valence-corrected chi connectivity index (χ2v) is 21.0. The van der Waals surface area contributed by atoms with Crippen LogP contribution in [0.2, 0.25) is 0 Å². The number of nitrogens with one attached hydrogen (secondary N) is 1. The van der Waals surface area contributed by atoms with E-state index in [1.54, 1.807) is 6.08 Å². The lowest BCUT2D eigenvalue weighted by Crippen LogP contribution is -2.65. The summed E-state index contributed by atoms with van der Waals surface area (Å²) in [5, 5.41) is 86.8. The fourth-order valence-electron chi connectivity index (χ4n) is 9.00. The van der Waals surface area contributed by atoms with E-state index in [4.69, 9.17) is 18.9 Å². The zero-order valence-corrected chi connectivity index (χ0v) is 50.4. The van der Waals surface area contributed by atoms with Crippen LogP contribution in [-0.4, -0.2) is 140 Å². The molecule has 14 nitrogen and oxygen atoms in total. The number of allylic oxidation sites excluding steroid dienone is 25. The van der Waals surface area contributed by atoms with Crippen LogP contribution in [0.5, 0.6) is 0 Å². The number of aliphatic hydroxyl groups is 8. The lowest BCUT2D eigenvalue weighted by Gasteiger charge is -2.46. The van der Waals surface area contributed by atoms with Crippen molar-refractivity contribution in [3.63, 3.8) is 0 Å². The molecule has 83 heavy (non-hydrogen) atoms. The topological polar surface area (TPSA) is 228 Å². The number of unbranched alkanes of at least 4 members (excludes halogenated alkanes) is 10. The van der Waals surface area contributed by atoms with Crippen molar-refractivity contribution in [1.82, 2.24) is 5.32 Å². The summed E-state index contributed by atoms with van der Waals surface area (Å²) in [4.78, 5) is 13.2. The van der Waals surface area contributed by atoms with Crippen molar-refractivity contribution in [3.8, 4) is 0 Å². The Morgan fingerprint density at radius 2 is 0.807 bits per heavy atom. The maximum absolute atomic E-state index is 13.2. The van der Waals surface area contributed by atoms with E-state index in [-0.39, 0.29) is 18.9 Å². The van der Waals surface area contributed by atoms with Crippen molar-refractivity contribution < 1.29 is 64.6 Å². The number of ether oxygens (including phenoxy) is 4. The van der Waals surface area contributed by atoms with Crippen molar-refractivity contribution in [1.29, 1.82) is 0 Å². The number of carbonyl (C=O) groups is 1. The molecule has 0 spiro atoms. The number of rotatable bonds is 47. The quantitative estimate of drug-likeness (QED) is 0.0204. The summed E-state index contributed by atoms with van der Waals surface area (Å²) in [6, 6.07) is -0.952. The number of amides is 1. The Bertz CT molecular complexity index is 2000. The second kappa shape index (κ2) is 52.0. The monoisotopic (exact) mass is 1160 g/mol. The van der Waals surface area contributed by atoms with E-state index < -0.39 is 86.8 Å². The fourth-order valence-corrected chi connectivity index (χ4v) is 9.00. The van der Waals surface area contributed by atoms with E-state index in [9.17, 15) is 45.6 Å². The highest BCUT2D eigenvalue weighted by Gasteiger charge is 2.51. The standard InChI is InChI=1S/C69H109NO13/c1-3-5-7-9-11-13-15-16-17-18-19-20-21-22-23-24-25-26-27-28-29-30-31-32-33-34-35-36-37-38-39-40-41-42-43-45-47-49-51-53-61(74)70-57(58(73)52-50-48-46-44-14-12-10-8-6-4-2)56-80-68-66(79)64(77)67(60(55-72)82-68)83-69-65(78)63(76)62(75)59(54-71)81-69/h5-8,11,13-14,16-17,19-20,22-23,25-26,28-29,31-32,34-35,37-38,44,50,52,57-60,62-69,71-73,75-79H,3-4,9-10,12,15,18,21,24,27,30,33,36,39-43,45-49,51,53-56H2,1-2H3,(H,70,74)/b7-5-,8-6+,13-11-,17-16-,20-19-,23-22-,26-25-,29-28-,32-31-,35-34-,38-37-,44-14+,52-50+. The Hall–Kier alpha value is -4.39. The van der Waals surface area contributed by atoms with Gasteiger partial charge in [0.05, 0.1) is 32.0 Å². The van der Waals surface area contributed by atoms with E-state index in [1.807, 2.05) is 6.08 Å². The van der Waals surface area contributed by atoms with Crippen LogP contribution in [0.25, 0.3) is 0 Å². The van der Waals surface area contributed by atoms with Gasteiger partial charge < -0.3 is 65.1 Å². The third-order valence-corrected chi connectivity index (χ3v) is 13.9. The average molecular weight is 1160 g/mol. The van der Waals surface area contributed by atoms with Gasteiger partial charge in [0.25, 0.3) is 0 Å². The van der Waals surface area contributed by atoms with Crippen LogP contribution in [0.15, 0.2) is 158 Å². The summed E-state index contributed by atoms with van der Waals surface area (Å²) in [5.74, 6) is -0.273. The molecule has 0 aromatic heterocycles. The molecular weight excluding hydrogens is 1050 g/mol. The largest absolute Gasteiger partial charge is 0.394 e. The predicted molar refractivity (Wildman–Crippen MR) is 336 cm³/mol. The molecule has 2 saturated heterocycles. The van der Waals surface area contributed by atoms with Crippen LogP contribution in [0.3, 0.4) is 0 Å². The van der Waals surface area contributed by atoms with E-state index >= 15 is 0 Å². The fraction of sp³-hybridized carbons (Fsp3) is 0.609. The first-order chi connectivity index (χ1) is 40.6. The van der Waals surface area contributed by atoms with Gasteiger partial charge in [0, 0.05) is 6.42 Å². The molecule has 468 valence electrons. The summed E-state index contributed by atoms with van der Waals surface area (Å²) in [6.07, 6.45) is 63.2. The smallest absolute Gasteiger partial charge is 0.220 e. The molecule has 0 aliphatic carbocycles. The van der Waals surface area contributed by atoms with Crippen LogP contribution in [-0.2, 0) is 23.7 Å². The molecule has 12 atom stereocenters. The molecule has 0 aromatic rings. The summed E-state index contributed by atoms with van der Waals surface area (Å²) in [7, 11) is 0. The highest BCUT2D eigenvalue weighted by Crippen LogP contribution is 2.30. The van der Waals surface area contributed by atoms with Crippen LogP contribution < -0.4 is 5.32 Å². The zero-order valence-electron chi connectivity index (χ0n) is 50.4. The van der Waals surface area contributed by atoms with E-state index in [0.29, 0.717) is 12.8 Å². The van der Waals surface area contributed by atoms with Crippen LogP contribution >= 0.6 is 0 Å². The maximum Gasteiger partial charge on any atom is 0.220 e. The Morgan fingerprint density at radius 1 is 0.434 bits per heavy atom. The van der Waals surface area contributed by atoms with Gasteiger partial charge in [-0.3, -0.25) is 4.79 Å². The minimum absolute atomic E-state index is 0.249. The third-order valence-electron chi connectivity index (χ3n) is 13.9. The van der Waals surface area contributed by atoms with Crippen molar-refractivity contribution in [2.24, 2.45) is 0 Å². The third kappa shape index (κ3) is 36.9. The van der Waals surface area contributed by atoms with Crippen LogP contribution in [0, 0.1) is 0 Å². The molecule has 2 fully saturated rings. The molecule has 2 aliphatic rings. The highest BCUT2D eigenvalue weighted by molar-refractivity contribution is 5.76. The van der Waals surface area contributed by atoms with Gasteiger partial charge in [-0.2, -0.15) is 0 Å². The zero-order chi connectivity index (χ0) is 60.2. The maximum atomic E-state index is 13.2. The van der Waals surface area contributed by atoms with Gasteiger partial charge in [-0.1, -0.05) is 210 Å². The summed E-state index contributed by atoms with van der Waals surface area (Å²) in [5.41, 5.74) is 0. The molecule has 0 aromatic carbocycles. The summed E-state index contributed by atoms with van der Waals surface area (Å²) >= 11 is 0. The normalized spacial score (nSPS) is 24.9. The molecule has 0 radical (unpaired) electrons. The predicted octanol–water partition coefficient (Wildman–Crippen LogP) is 11.5. The molecule has 14 heteroatoms. The number of hydrogen-bond acceptors (Lipinski definition) is 13. The van der Waals surface area contributed by atoms with Gasteiger partial charge in [-0.15, -0.1) is 0 Å². The first-order valence-electron chi connectivity index (χ1n) is 31.2. The minimum Gasteiger partial charge on any atom is -0.394 e. The lowest BCUT2D eigenvalue weighted by atomic mass is 9.97. The molecule has 0 bridgehead atoms. The van der Waals surface area contributed by atoms with Crippen molar-refractivity contribution >= 4 is 5.91 Å². The molecular formula is C69H109NO13. The van der Waals surface area contributed by atoms with Gasteiger partial charge in [0.2, 0.25) is 5.91 Å². The SMILES string of the molecule is CC/C=C\C/C=C\C/C=C\C/C=C\C/C=C\C/C=C\C/C=C\C/C=C\C/C=C\C/C=C\CCCCCCCCCCC(=O)NC(COC1OC(CO)C(OC2OC(CO)C(O)C(O)C2O)C(O)C1O)C(O)/C=C/CC/C=C/CC/C=C/CC. The Labute approximate surface area is 499 Å². The molecule has 12 unspecified atom stereocenters. The minimum atomic E-state index is -1.80. The summed E-state index contributed by atoms with van der Waals surface area (Å²) < 4.78 is 22.7. The first kappa shape index (κ1) is 74.7. The van der Waals surface area contributed by atoms with Crippen LogP contribution in [0.1, 0.15) is 174 Å².